The monoisotopic (exact) mass is 297 g/mol. The lowest BCUT2D eigenvalue weighted by molar-refractivity contribution is 0.0325. The summed E-state index contributed by atoms with van der Waals surface area (Å²) in [5, 5.41) is 0. The molecule has 2 rings (SSSR count). The van der Waals surface area contributed by atoms with E-state index in [2.05, 4.69) is 4.72 Å². The van der Waals surface area contributed by atoms with Gasteiger partial charge in [-0.15, -0.1) is 0 Å². The molecule has 1 aliphatic rings. The van der Waals surface area contributed by atoms with E-state index in [1.165, 1.54) is 0 Å². The first-order chi connectivity index (χ1) is 9.61. The van der Waals surface area contributed by atoms with Gasteiger partial charge in [0.05, 0.1) is 18.5 Å². The summed E-state index contributed by atoms with van der Waals surface area (Å²) in [7, 11) is -3.16. The van der Waals surface area contributed by atoms with E-state index in [0.29, 0.717) is 13.0 Å². The van der Waals surface area contributed by atoms with Gasteiger partial charge in [-0.1, -0.05) is 37.3 Å². The Hall–Kier alpha value is -0.910. The molecular weight excluding hydrogens is 274 g/mol. The highest BCUT2D eigenvalue weighted by atomic mass is 32.2. The Morgan fingerprint density at radius 1 is 1.25 bits per heavy atom. The molecule has 0 spiro atoms. The highest BCUT2D eigenvalue weighted by Gasteiger charge is 2.31. The van der Waals surface area contributed by atoms with Gasteiger partial charge in [0.2, 0.25) is 10.0 Å². The molecule has 0 amide bonds. The van der Waals surface area contributed by atoms with Gasteiger partial charge >= 0.3 is 0 Å². The fraction of sp³-hybridized carbons (Fsp3) is 0.600. The number of nitrogens with one attached hydrogen (secondary N) is 1. The summed E-state index contributed by atoms with van der Waals surface area (Å²) in [4.78, 5) is 0. The molecule has 0 aliphatic heterocycles. The lowest BCUT2D eigenvalue weighted by atomic mass is 10.2. The Bertz CT molecular complexity index is 501. The molecule has 2 unspecified atom stereocenters. The van der Waals surface area contributed by atoms with E-state index in [-0.39, 0.29) is 17.9 Å². The normalized spacial score (nSPS) is 23.1. The SMILES string of the molecule is CCCS(=O)(=O)NC1CCCC1OCc1ccccc1. The molecule has 0 aromatic heterocycles. The summed E-state index contributed by atoms with van der Waals surface area (Å²) in [5.41, 5.74) is 1.12. The van der Waals surface area contributed by atoms with Crippen LogP contribution in [-0.4, -0.2) is 26.3 Å². The zero-order valence-electron chi connectivity index (χ0n) is 11.9. The van der Waals surface area contributed by atoms with Crippen molar-refractivity contribution in [3.05, 3.63) is 35.9 Å². The highest BCUT2D eigenvalue weighted by molar-refractivity contribution is 7.89. The van der Waals surface area contributed by atoms with Crippen LogP contribution in [0.3, 0.4) is 0 Å². The largest absolute Gasteiger partial charge is 0.372 e. The maximum atomic E-state index is 11.8. The lowest BCUT2D eigenvalue weighted by Crippen LogP contribution is -2.42. The highest BCUT2D eigenvalue weighted by Crippen LogP contribution is 2.24. The molecule has 0 heterocycles. The second kappa shape index (κ2) is 7.20. The third kappa shape index (κ3) is 4.58. The third-order valence-electron chi connectivity index (χ3n) is 3.56. The molecule has 1 fully saturated rings. The van der Waals surface area contributed by atoms with Gasteiger partial charge in [-0.05, 0) is 31.2 Å². The maximum Gasteiger partial charge on any atom is 0.211 e. The Morgan fingerprint density at radius 3 is 2.70 bits per heavy atom. The molecule has 0 bridgehead atoms. The quantitative estimate of drug-likeness (QED) is 0.841. The van der Waals surface area contributed by atoms with Crippen molar-refractivity contribution in [2.75, 3.05) is 5.75 Å². The van der Waals surface area contributed by atoms with Gasteiger partial charge < -0.3 is 4.74 Å². The molecule has 1 aromatic rings. The molecule has 1 saturated carbocycles. The van der Waals surface area contributed by atoms with Crippen LogP contribution in [-0.2, 0) is 21.4 Å². The molecule has 1 aliphatic carbocycles. The maximum absolute atomic E-state index is 11.8. The van der Waals surface area contributed by atoms with E-state index < -0.39 is 10.0 Å². The van der Waals surface area contributed by atoms with Gasteiger partial charge in [0, 0.05) is 6.04 Å². The minimum Gasteiger partial charge on any atom is -0.372 e. The number of hydrogen-bond acceptors (Lipinski definition) is 3. The molecule has 20 heavy (non-hydrogen) atoms. The summed E-state index contributed by atoms with van der Waals surface area (Å²) in [6, 6.07) is 9.90. The van der Waals surface area contributed by atoms with Crippen LogP contribution in [0.2, 0.25) is 0 Å². The predicted octanol–water partition coefficient (Wildman–Crippen LogP) is 2.45. The van der Waals surface area contributed by atoms with Crippen molar-refractivity contribution in [1.29, 1.82) is 0 Å². The zero-order chi connectivity index (χ0) is 14.4. The zero-order valence-corrected chi connectivity index (χ0v) is 12.7. The van der Waals surface area contributed by atoms with Crippen molar-refractivity contribution in [2.45, 2.75) is 51.4 Å². The molecule has 5 heteroatoms. The van der Waals surface area contributed by atoms with Crippen LogP contribution in [0.25, 0.3) is 0 Å². The van der Waals surface area contributed by atoms with Crippen molar-refractivity contribution in [2.24, 2.45) is 0 Å². The topological polar surface area (TPSA) is 55.4 Å². The standard InChI is InChI=1S/C15H23NO3S/c1-2-11-20(17,18)16-14-9-6-10-15(14)19-12-13-7-4-3-5-8-13/h3-5,7-8,14-16H,2,6,9-12H2,1H3. The first-order valence-corrected chi connectivity index (χ1v) is 8.91. The van der Waals surface area contributed by atoms with Crippen molar-refractivity contribution < 1.29 is 13.2 Å². The Balaban J connectivity index is 1.88. The number of hydrogen-bond donors (Lipinski definition) is 1. The average Bonchev–Trinajstić information content (AvgIpc) is 2.84. The molecule has 0 saturated heterocycles. The van der Waals surface area contributed by atoms with E-state index in [1.54, 1.807) is 0 Å². The van der Waals surface area contributed by atoms with Gasteiger partial charge in [-0.2, -0.15) is 0 Å². The summed E-state index contributed by atoms with van der Waals surface area (Å²) < 4.78 is 32.4. The van der Waals surface area contributed by atoms with Crippen molar-refractivity contribution in [1.82, 2.24) is 4.72 Å². The summed E-state index contributed by atoms with van der Waals surface area (Å²) in [6.07, 6.45) is 3.42. The predicted molar refractivity (Wildman–Crippen MR) is 79.9 cm³/mol. The Labute approximate surface area is 121 Å². The van der Waals surface area contributed by atoms with Gasteiger partial charge in [-0.25, -0.2) is 13.1 Å². The Morgan fingerprint density at radius 2 is 2.00 bits per heavy atom. The van der Waals surface area contributed by atoms with Crippen molar-refractivity contribution >= 4 is 10.0 Å². The van der Waals surface area contributed by atoms with Crippen LogP contribution in [0.4, 0.5) is 0 Å². The molecule has 4 nitrogen and oxygen atoms in total. The van der Waals surface area contributed by atoms with Gasteiger partial charge in [0.1, 0.15) is 0 Å². The van der Waals surface area contributed by atoms with E-state index in [1.807, 2.05) is 37.3 Å². The minimum absolute atomic E-state index is 0.0122. The first kappa shape index (κ1) is 15.5. The van der Waals surface area contributed by atoms with Crippen LogP contribution < -0.4 is 4.72 Å². The molecule has 0 radical (unpaired) electrons. The van der Waals surface area contributed by atoms with Crippen LogP contribution in [0.15, 0.2) is 30.3 Å². The molecule has 1 aromatic carbocycles. The summed E-state index contributed by atoms with van der Waals surface area (Å²) >= 11 is 0. The first-order valence-electron chi connectivity index (χ1n) is 7.26. The molecule has 1 N–H and O–H groups in total. The van der Waals surface area contributed by atoms with Crippen LogP contribution >= 0.6 is 0 Å². The number of rotatable bonds is 7. The second-order valence-corrected chi connectivity index (χ2v) is 7.18. The van der Waals surface area contributed by atoms with Crippen LogP contribution in [0.5, 0.6) is 0 Å². The van der Waals surface area contributed by atoms with E-state index >= 15 is 0 Å². The molecule has 2 atom stereocenters. The fourth-order valence-corrected chi connectivity index (χ4v) is 3.98. The number of sulfonamides is 1. The van der Waals surface area contributed by atoms with Gasteiger partial charge in [0.25, 0.3) is 0 Å². The van der Waals surface area contributed by atoms with Crippen molar-refractivity contribution in [3.8, 4) is 0 Å². The van der Waals surface area contributed by atoms with Gasteiger partial charge in [0.15, 0.2) is 0 Å². The van der Waals surface area contributed by atoms with E-state index in [4.69, 9.17) is 4.74 Å². The smallest absolute Gasteiger partial charge is 0.211 e. The fourth-order valence-electron chi connectivity index (χ4n) is 2.60. The van der Waals surface area contributed by atoms with E-state index in [9.17, 15) is 8.42 Å². The van der Waals surface area contributed by atoms with Crippen LogP contribution in [0, 0.1) is 0 Å². The average molecular weight is 297 g/mol. The summed E-state index contributed by atoms with van der Waals surface area (Å²) in [5.74, 6) is 0.189. The molecular formula is C15H23NO3S. The summed E-state index contributed by atoms with van der Waals surface area (Å²) in [6.45, 7) is 2.41. The number of ether oxygens (including phenoxy) is 1. The van der Waals surface area contributed by atoms with E-state index in [0.717, 1.165) is 24.8 Å². The lowest BCUT2D eigenvalue weighted by Gasteiger charge is -2.21. The second-order valence-electron chi connectivity index (χ2n) is 5.31. The Kier molecular flexibility index (Phi) is 5.57. The molecule has 112 valence electrons. The van der Waals surface area contributed by atoms with Gasteiger partial charge in [-0.3, -0.25) is 0 Å². The van der Waals surface area contributed by atoms with Crippen LogP contribution in [0.1, 0.15) is 38.2 Å². The number of benzene rings is 1. The van der Waals surface area contributed by atoms with Crippen molar-refractivity contribution in [3.63, 3.8) is 0 Å². The minimum atomic E-state index is -3.16. The third-order valence-corrected chi connectivity index (χ3v) is 5.17.